The second-order valence-corrected chi connectivity index (χ2v) is 19.0. The van der Waals surface area contributed by atoms with Crippen molar-refractivity contribution in [1.29, 1.82) is 0 Å². The molecule has 0 aliphatic heterocycles. The molecule has 4 aliphatic carbocycles. The zero-order chi connectivity index (χ0) is 24.2. The lowest BCUT2D eigenvalue weighted by molar-refractivity contribution is -0.130. The number of methoxy groups -OCH3 is 1. The predicted molar refractivity (Wildman–Crippen MR) is 140 cm³/mol. The largest absolute Gasteiger partial charge is 0.414 e. The van der Waals surface area contributed by atoms with Gasteiger partial charge in [-0.05, 0) is 130 Å². The second kappa shape index (κ2) is 9.20. The van der Waals surface area contributed by atoms with Crippen LogP contribution < -0.4 is 0 Å². The minimum absolute atomic E-state index is 0.278. The quantitative estimate of drug-likeness (QED) is 0.403. The van der Waals surface area contributed by atoms with Crippen molar-refractivity contribution in [3.05, 3.63) is 0 Å². The Morgan fingerprint density at radius 1 is 0.970 bits per heavy atom. The summed E-state index contributed by atoms with van der Waals surface area (Å²) in [7, 11) is -0.0152. The van der Waals surface area contributed by atoms with Gasteiger partial charge in [-0.3, -0.25) is 0 Å². The van der Waals surface area contributed by atoms with E-state index in [1.165, 1.54) is 51.4 Å². The lowest BCUT2D eigenvalue weighted by Crippen LogP contribution is -2.54. The second-order valence-electron chi connectivity index (χ2n) is 14.2. The first-order valence-electron chi connectivity index (χ1n) is 14.3. The van der Waals surface area contributed by atoms with E-state index >= 15 is 0 Å². The number of fused-ring (bicyclic) bond motifs is 5. The van der Waals surface area contributed by atoms with Gasteiger partial charge in [0.25, 0.3) is 0 Å². The molecule has 0 aromatic rings. The molecule has 4 rings (SSSR count). The summed E-state index contributed by atoms with van der Waals surface area (Å²) in [6.45, 7) is 17.4. The van der Waals surface area contributed by atoms with Crippen LogP contribution in [0.15, 0.2) is 0 Å². The Balaban J connectivity index is 1.49. The van der Waals surface area contributed by atoms with E-state index in [1.807, 2.05) is 0 Å². The number of aliphatic hydroxyl groups is 1. The molecule has 3 nitrogen and oxygen atoms in total. The molecule has 0 radical (unpaired) electrons. The molecule has 9 atom stereocenters. The lowest BCUT2D eigenvalue weighted by Gasteiger charge is -2.58. The van der Waals surface area contributed by atoms with Crippen molar-refractivity contribution in [3.8, 4) is 0 Å². The highest BCUT2D eigenvalue weighted by atomic mass is 28.4. The fourth-order valence-corrected chi connectivity index (χ4v) is 10.8. The van der Waals surface area contributed by atoms with Crippen LogP contribution in [0.5, 0.6) is 0 Å². The molecule has 192 valence electrons. The van der Waals surface area contributed by atoms with E-state index in [4.69, 9.17) is 9.16 Å². The Morgan fingerprint density at radius 2 is 1.67 bits per heavy atom. The Labute approximate surface area is 205 Å². The van der Waals surface area contributed by atoms with E-state index in [1.54, 1.807) is 7.11 Å². The number of hydrogen-bond acceptors (Lipinski definition) is 3. The van der Waals surface area contributed by atoms with Gasteiger partial charge in [0.1, 0.15) is 0 Å². The highest BCUT2D eigenvalue weighted by Crippen LogP contribution is 2.66. The van der Waals surface area contributed by atoms with Crippen molar-refractivity contribution in [1.82, 2.24) is 0 Å². The van der Waals surface area contributed by atoms with E-state index in [-0.39, 0.29) is 5.04 Å². The molecule has 4 saturated carbocycles. The van der Waals surface area contributed by atoms with Crippen molar-refractivity contribution in [2.75, 3.05) is 13.7 Å². The molecule has 0 aromatic heterocycles. The summed E-state index contributed by atoms with van der Waals surface area (Å²) in [5.41, 5.74) is -0.0686. The average molecular weight is 479 g/mol. The smallest absolute Gasteiger partial charge is 0.192 e. The van der Waals surface area contributed by atoms with Gasteiger partial charge >= 0.3 is 0 Å². The molecule has 0 saturated heterocycles. The maximum absolute atomic E-state index is 11.0. The van der Waals surface area contributed by atoms with E-state index in [2.05, 4.69) is 47.7 Å². The molecule has 4 aliphatic rings. The first-order valence-corrected chi connectivity index (χ1v) is 17.2. The third kappa shape index (κ3) is 4.53. The first kappa shape index (κ1) is 26.2. The summed E-state index contributed by atoms with van der Waals surface area (Å²) in [6, 6.07) is 0. The Hall–Kier alpha value is 0.0969. The van der Waals surface area contributed by atoms with Gasteiger partial charge in [-0.1, -0.05) is 27.7 Å². The lowest BCUT2D eigenvalue weighted by atomic mass is 9.48. The summed E-state index contributed by atoms with van der Waals surface area (Å²) >= 11 is 0. The molecule has 4 heteroatoms. The summed E-state index contributed by atoms with van der Waals surface area (Å²) in [5.74, 6) is 5.01. The van der Waals surface area contributed by atoms with Gasteiger partial charge in [0.15, 0.2) is 8.32 Å². The van der Waals surface area contributed by atoms with E-state index in [9.17, 15) is 5.11 Å². The van der Waals surface area contributed by atoms with Crippen molar-refractivity contribution < 1.29 is 14.3 Å². The van der Waals surface area contributed by atoms with Crippen LogP contribution in [-0.4, -0.2) is 38.8 Å². The number of hydrogen-bond donors (Lipinski definition) is 1. The summed E-state index contributed by atoms with van der Waals surface area (Å²) in [5, 5.41) is 11.3. The molecule has 0 bridgehead atoms. The van der Waals surface area contributed by atoms with Crippen LogP contribution >= 0.6 is 0 Å². The molecule has 4 fully saturated rings. The van der Waals surface area contributed by atoms with Gasteiger partial charge in [0.2, 0.25) is 0 Å². The third-order valence-electron chi connectivity index (χ3n) is 11.8. The van der Waals surface area contributed by atoms with Gasteiger partial charge in [0.05, 0.1) is 12.2 Å². The monoisotopic (exact) mass is 478 g/mol. The molecule has 2 unspecified atom stereocenters. The van der Waals surface area contributed by atoms with Crippen LogP contribution in [0.4, 0.5) is 0 Å². The minimum atomic E-state index is -1.75. The molecule has 0 heterocycles. The Bertz CT molecular complexity index is 687. The maximum Gasteiger partial charge on any atom is 0.192 e. The van der Waals surface area contributed by atoms with Gasteiger partial charge in [-0.2, -0.15) is 0 Å². The molecule has 33 heavy (non-hydrogen) atoms. The van der Waals surface area contributed by atoms with Gasteiger partial charge in [-0.25, -0.2) is 0 Å². The Morgan fingerprint density at radius 3 is 2.30 bits per heavy atom. The average Bonchev–Trinajstić information content (AvgIpc) is 3.12. The summed E-state index contributed by atoms with van der Waals surface area (Å²) in [6.07, 6.45) is 13.2. The van der Waals surface area contributed by atoms with Crippen LogP contribution in [0.25, 0.3) is 0 Å². The first-order chi connectivity index (χ1) is 15.4. The van der Waals surface area contributed by atoms with E-state index < -0.39 is 13.9 Å². The molecular formula is C29H54O3Si. The zero-order valence-electron chi connectivity index (χ0n) is 23.1. The predicted octanol–water partition coefficient (Wildman–Crippen LogP) is 7.43. The van der Waals surface area contributed by atoms with Crippen molar-refractivity contribution in [2.45, 2.75) is 129 Å². The van der Waals surface area contributed by atoms with Gasteiger partial charge in [-0.15, -0.1) is 0 Å². The van der Waals surface area contributed by atoms with Gasteiger partial charge in [0, 0.05) is 13.2 Å². The highest BCUT2D eigenvalue weighted by molar-refractivity contribution is 6.74. The van der Waals surface area contributed by atoms with E-state index in [0.29, 0.717) is 24.0 Å². The van der Waals surface area contributed by atoms with Crippen LogP contribution in [0.1, 0.15) is 98.8 Å². The normalized spacial score (nSPS) is 44.6. The third-order valence-corrected chi connectivity index (χ3v) is 16.4. The SMILES string of the molecule is CC[C@]12CC[C@H]3[C@@H](CC[C@@H]4CC(O)(COC)CC[C@@H]43)[C@@H]1CC[C@@H]2C(C)O[Si](C)(C)C(C)(C)C. The summed E-state index contributed by atoms with van der Waals surface area (Å²) in [4.78, 5) is 0. The van der Waals surface area contributed by atoms with Crippen LogP contribution in [-0.2, 0) is 9.16 Å². The van der Waals surface area contributed by atoms with Crippen molar-refractivity contribution in [3.63, 3.8) is 0 Å². The van der Waals surface area contributed by atoms with Crippen molar-refractivity contribution >= 4 is 8.32 Å². The highest BCUT2D eigenvalue weighted by Gasteiger charge is 2.60. The maximum atomic E-state index is 11.0. The standard InChI is InChI=1S/C29H54O3Si/c1-9-29-17-15-23-22-14-16-28(30,19-31-6)18-21(22)10-11-24(23)26(29)13-12-25(29)20(2)32-33(7,8)27(3,4)5/h20-26,30H,9-19H2,1-8H3/t20?,21-,22+,23-,24-,25-,26+,28?,29-/m1/s1. The molecule has 0 spiro atoms. The minimum Gasteiger partial charge on any atom is -0.414 e. The van der Waals surface area contributed by atoms with Crippen LogP contribution in [0, 0.1) is 40.9 Å². The zero-order valence-corrected chi connectivity index (χ0v) is 24.1. The summed E-state index contributed by atoms with van der Waals surface area (Å²) < 4.78 is 12.4. The Kier molecular flexibility index (Phi) is 7.29. The molecule has 0 aromatic carbocycles. The van der Waals surface area contributed by atoms with Crippen molar-refractivity contribution in [2.24, 2.45) is 40.9 Å². The number of ether oxygens (including phenoxy) is 1. The van der Waals surface area contributed by atoms with E-state index in [0.717, 1.165) is 42.4 Å². The topological polar surface area (TPSA) is 38.7 Å². The fraction of sp³-hybridized carbons (Fsp3) is 1.00. The molecule has 1 N–H and O–H groups in total. The molecule has 0 amide bonds. The molecular weight excluding hydrogens is 424 g/mol. The fourth-order valence-electron chi connectivity index (χ4n) is 9.34. The van der Waals surface area contributed by atoms with Crippen LogP contribution in [0.3, 0.4) is 0 Å². The van der Waals surface area contributed by atoms with Crippen LogP contribution in [0.2, 0.25) is 18.1 Å². The van der Waals surface area contributed by atoms with Gasteiger partial charge < -0.3 is 14.3 Å². The number of rotatable bonds is 6.